The van der Waals surface area contributed by atoms with Gasteiger partial charge in [-0.3, -0.25) is 0 Å². The smallest absolute Gasteiger partial charge is 0.315 e. The number of unbranched alkanes of at least 4 members (excludes halogenated alkanes) is 2. The van der Waals surface area contributed by atoms with Crippen LogP contribution in [0.25, 0.3) is 0 Å². The molecule has 2 amide bonds. The second-order valence-corrected chi connectivity index (χ2v) is 3.98. The van der Waals surface area contributed by atoms with Crippen LogP contribution in [0.1, 0.15) is 39.0 Å². The first-order valence-electron chi connectivity index (χ1n) is 5.36. The highest BCUT2D eigenvalue weighted by Gasteiger charge is 2.26. The molecule has 0 aromatic carbocycles. The second kappa shape index (κ2) is 5.58. The Kier molecular flexibility index (Phi) is 4.39. The molecule has 1 aliphatic rings. The van der Waals surface area contributed by atoms with Gasteiger partial charge in [0.2, 0.25) is 0 Å². The van der Waals surface area contributed by atoms with E-state index in [2.05, 4.69) is 10.6 Å². The van der Waals surface area contributed by atoms with Crippen molar-refractivity contribution >= 4 is 12.0 Å². The monoisotopic (exact) mass is 213 g/mol. The highest BCUT2D eigenvalue weighted by Crippen LogP contribution is 2.11. The second-order valence-electron chi connectivity index (χ2n) is 3.98. The van der Waals surface area contributed by atoms with Gasteiger partial charge >= 0.3 is 6.03 Å². The SMILES string of the molecule is C[C@@H]1NC(=O)N[C@@H]1CCCCCC(=O)[O-]. The van der Waals surface area contributed by atoms with Gasteiger partial charge < -0.3 is 20.5 Å². The summed E-state index contributed by atoms with van der Waals surface area (Å²) in [4.78, 5) is 21.1. The molecule has 0 saturated carbocycles. The lowest BCUT2D eigenvalue weighted by Crippen LogP contribution is -2.30. The van der Waals surface area contributed by atoms with Gasteiger partial charge in [-0.15, -0.1) is 0 Å². The summed E-state index contributed by atoms with van der Waals surface area (Å²) in [5, 5.41) is 15.7. The normalized spacial score (nSPS) is 24.7. The van der Waals surface area contributed by atoms with Gasteiger partial charge in [-0.2, -0.15) is 0 Å². The number of aliphatic carboxylic acids is 1. The molecule has 2 N–H and O–H groups in total. The molecule has 15 heavy (non-hydrogen) atoms. The third-order valence-corrected chi connectivity index (χ3v) is 2.67. The summed E-state index contributed by atoms with van der Waals surface area (Å²) in [5.41, 5.74) is 0. The van der Waals surface area contributed by atoms with Gasteiger partial charge in [0.25, 0.3) is 0 Å². The van der Waals surface area contributed by atoms with E-state index in [0.29, 0.717) is 6.42 Å². The van der Waals surface area contributed by atoms with E-state index in [1.165, 1.54) is 0 Å². The van der Waals surface area contributed by atoms with Crippen molar-refractivity contribution in [1.82, 2.24) is 10.6 Å². The van der Waals surface area contributed by atoms with Crippen LogP contribution in [0, 0.1) is 0 Å². The number of carboxylic acids is 1. The highest BCUT2D eigenvalue weighted by atomic mass is 16.4. The molecular formula is C10H17N2O3-. The fourth-order valence-electron chi connectivity index (χ4n) is 1.77. The molecule has 0 aliphatic carbocycles. The van der Waals surface area contributed by atoms with E-state index < -0.39 is 5.97 Å². The summed E-state index contributed by atoms with van der Waals surface area (Å²) in [7, 11) is 0. The van der Waals surface area contributed by atoms with Gasteiger partial charge in [-0.1, -0.05) is 12.8 Å². The van der Waals surface area contributed by atoms with Crippen molar-refractivity contribution in [3.63, 3.8) is 0 Å². The number of carbonyl (C=O) groups is 2. The molecular weight excluding hydrogens is 196 g/mol. The zero-order valence-electron chi connectivity index (χ0n) is 8.91. The molecule has 0 bridgehead atoms. The quantitative estimate of drug-likeness (QED) is 0.597. The Bertz CT molecular complexity index is 243. The number of rotatable bonds is 6. The van der Waals surface area contributed by atoms with Crippen LogP contribution in [-0.4, -0.2) is 24.1 Å². The van der Waals surface area contributed by atoms with Crippen LogP contribution >= 0.6 is 0 Å². The fourth-order valence-corrected chi connectivity index (χ4v) is 1.77. The number of hydrogen-bond acceptors (Lipinski definition) is 3. The Balaban J connectivity index is 2.05. The van der Waals surface area contributed by atoms with Crippen molar-refractivity contribution in [1.29, 1.82) is 0 Å². The van der Waals surface area contributed by atoms with Crippen LogP contribution in [0.3, 0.4) is 0 Å². The maximum absolute atomic E-state index is 10.9. The van der Waals surface area contributed by atoms with Crippen LogP contribution in [0.5, 0.6) is 0 Å². The molecule has 1 rings (SSSR count). The van der Waals surface area contributed by atoms with Gasteiger partial charge in [0.1, 0.15) is 0 Å². The van der Waals surface area contributed by atoms with Crippen molar-refractivity contribution in [2.75, 3.05) is 0 Å². The zero-order valence-corrected chi connectivity index (χ0v) is 8.91. The number of carboxylic acid groups (broad SMARTS) is 1. The minimum absolute atomic E-state index is 0.109. The summed E-state index contributed by atoms with van der Waals surface area (Å²) in [6.45, 7) is 1.96. The Morgan fingerprint density at radius 3 is 2.60 bits per heavy atom. The van der Waals surface area contributed by atoms with Gasteiger partial charge in [0.15, 0.2) is 0 Å². The average Bonchev–Trinajstić information content (AvgIpc) is 2.44. The molecule has 1 heterocycles. The summed E-state index contributed by atoms with van der Waals surface area (Å²) >= 11 is 0. The van der Waals surface area contributed by atoms with E-state index in [9.17, 15) is 14.7 Å². The van der Waals surface area contributed by atoms with Crippen LogP contribution in [-0.2, 0) is 4.79 Å². The molecule has 86 valence electrons. The van der Waals surface area contributed by atoms with Crippen LogP contribution < -0.4 is 15.7 Å². The number of carbonyl (C=O) groups excluding carboxylic acids is 2. The Labute approximate surface area is 89.2 Å². The molecule has 0 unspecified atom stereocenters. The van der Waals surface area contributed by atoms with Crippen molar-refractivity contribution < 1.29 is 14.7 Å². The first kappa shape index (κ1) is 11.8. The van der Waals surface area contributed by atoms with Crippen molar-refractivity contribution in [3.8, 4) is 0 Å². The lowest BCUT2D eigenvalue weighted by molar-refractivity contribution is -0.305. The van der Waals surface area contributed by atoms with E-state index in [4.69, 9.17) is 0 Å². The van der Waals surface area contributed by atoms with Crippen molar-refractivity contribution in [3.05, 3.63) is 0 Å². The summed E-state index contributed by atoms with van der Waals surface area (Å²) < 4.78 is 0. The van der Waals surface area contributed by atoms with E-state index >= 15 is 0 Å². The molecule has 1 saturated heterocycles. The van der Waals surface area contributed by atoms with Crippen LogP contribution in [0.15, 0.2) is 0 Å². The number of hydrogen-bond donors (Lipinski definition) is 2. The molecule has 0 aromatic heterocycles. The maximum Gasteiger partial charge on any atom is 0.315 e. The first-order valence-corrected chi connectivity index (χ1v) is 5.36. The van der Waals surface area contributed by atoms with E-state index in [-0.39, 0.29) is 24.5 Å². The average molecular weight is 213 g/mol. The summed E-state index contributed by atoms with van der Waals surface area (Å²) in [5.74, 6) is -0.987. The third-order valence-electron chi connectivity index (χ3n) is 2.67. The van der Waals surface area contributed by atoms with Crippen LogP contribution in [0.2, 0.25) is 0 Å². The van der Waals surface area contributed by atoms with E-state index in [0.717, 1.165) is 19.3 Å². The number of amides is 2. The highest BCUT2D eigenvalue weighted by molar-refractivity contribution is 5.77. The predicted octanol–water partition coefficient (Wildman–Crippen LogP) is -0.243. The van der Waals surface area contributed by atoms with Gasteiger partial charge in [0, 0.05) is 12.0 Å². The molecule has 0 radical (unpaired) electrons. The minimum atomic E-state index is -0.987. The molecule has 1 aliphatic heterocycles. The maximum atomic E-state index is 10.9. The molecule has 2 atom stereocenters. The molecule has 5 nitrogen and oxygen atoms in total. The van der Waals surface area contributed by atoms with Crippen molar-refractivity contribution in [2.24, 2.45) is 0 Å². The van der Waals surface area contributed by atoms with E-state index in [1.54, 1.807) is 0 Å². The summed E-state index contributed by atoms with van der Waals surface area (Å²) in [6.07, 6.45) is 3.49. The number of urea groups is 1. The Hall–Kier alpha value is -1.26. The standard InChI is InChI=1S/C10H18N2O3/c1-7-8(12-10(15)11-7)5-3-2-4-6-9(13)14/h7-8H,2-6H2,1H3,(H,13,14)(H2,11,12,15)/p-1/t7-,8+/m0/s1. The zero-order chi connectivity index (χ0) is 11.3. The summed E-state index contributed by atoms with van der Waals surface area (Å²) in [6, 6.07) is 0.237. The molecule has 1 fully saturated rings. The predicted molar refractivity (Wildman–Crippen MR) is 53.0 cm³/mol. The largest absolute Gasteiger partial charge is 0.550 e. The molecule has 0 spiro atoms. The van der Waals surface area contributed by atoms with Gasteiger partial charge in [-0.25, -0.2) is 4.79 Å². The Morgan fingerprint density at radius 1 is 1.33 bits per heavy atom. The minimum Gasteiger partial charge on any atom is -0.550 e. The Morgan fingerprint density at radius 2 is 2.07 bits per heavy atom. The van der Waals surface area contributed by atoms with Crippen molar-refractivity contribution in [2.45, 2.75) is 51.1 Å². The topological polar surface area (TPSA) is 81.3 Å². The lowest BCUT2D eigenvalue weighted by Gasteiger charge is -2.13. The van der Waals surface area contributed by atoms with Gasteiger partial charge in [-0.05, 0) is 26.2 Å². The third kappa shape index (κ3) is 4.18. The van der Waals surface area contributed by atoms with Crippen LogP contribution in [0.4, 0.5) is 4.79 Å². The lowest BCUT2D eigenvalue weighted by atomic mass is 10.0. The number of nitrogens with one attached hydrogen (secondary N) is 2. The van der Waals surface area contributed by atoms with E-state index in [1.807, 2.05) is 6.92 Å². The molecule has 5 heteroatoms. The van der Waals surface area contributed by atoms with Gasteiger partial charge in [0.05, 0.1) is 6.04 Å². The first-order chi connectivity index (χ1) is 7.09. The fraction of sp³-hybridized carbons (Fsp3) is 0.800. The molecule has 0 aromatic rings.